The first-order valence-electron chi connectivity index (χ1n) is 7.33. The molecule has 2 heteroatoms. The van der Waals surface area contributed by atoms with Crippen molar-refractivity contribution in [2.45, 2.75) is 68.2 Å². The molecule has 0 spiro atoms. The Hall–Kier alpha value is -1.31. The zero-order valence-corrected chi connectivity index (χ0v) is 14.0. The SMILES string of the molecule is CC.CC.CCCC.Cc1ccc(OC=O)c(C)c1. The van der Waals surface area contributed by atoms with Crippen molar-refractivity contribution in [3.8, 4) is 5.75 Å². The highest BCUT2D eigenvalue weighted by Gasteiger charge is 1.96. The monoisotopic (exact) mass is 268 g/mol. The Kier molecular flexibility index (Phi) is 22.9. The molecule has 0 N–H and O–H groups in total. The molecule has 0 saturated carbocycles. The van der Waals surface area contributed by atoms with Crippen LogP contribution in [0.4, 0.5) is 0 Å². The second-order valence-electron chi connectivity index (χ2n) is 3.48. The second-order valence-corrected chi connectivity index (χ2v) is 3.48. The number of carbonyl (C=O) groups is 1. The molecule has 0 bridgehead atoms. The Morgan fingerprint density at radius 3 is 1.79 bits per heavy atom. The van der Waals surface area contributed by atoms with E-state index in [4.69, 9.17) is 4.74 Å². The molecule has 0 heterocycles. The Morgan fingerprint density at radius 2 is 1.47 bits per heavy atom. The van der Waals surface area contributed by atoms with Crippen molar-refractivity contribution in [1.29, 1.82) is 0 Å². The van der Waals surface area contributed by atoms with Gasteiger partial charge in [0.05, 0.1) is 0 Å². The Balaban J connectivity index is -0.000000271. The van der Waals surface area contributed by atoms with E-state index in [1.165, 1.54) is 18.4 Å². The molecule has 2 nitrogen and oxygen atoms in total. The van der Waals surface area contributed by atoms with Gasteiger partial charge in [0.25, 0.3) is 6.47 Å². The van der Waals surface area contributed by atoms with E-state index in [2.05, 4.69) is 13.8 Å². The maximum atomic E-state index is 9.99. The van der Waals surface area contributed by atoms with Crippen LogP contribution < -0.4 is 4.74 Å². The summed E-state index contributed by atoms with van der Waals surface area (Å²) in [4.78, 5) is 9.99. The van der Waals surface area contributed by atoms with Crippen molar-refractivity contribution in [2.75, 3.05) is 0 Å². The average molecular weight is 268 g/mol. The Bertz CT molecular complexity index is 291. The molecule has 0 radical (unpaired) electrons. The smallest absolute Gasteiger partial charge is 0.298 e. The van der Waals surface area contributed by atoms with Crippen molar-refractivity contribution in [1.82, 2.24) is 0 Å². The molecule has 0 aliphatic heterocycles. The van der Waals surface area contributed by atoms with Crippen LogP contribution in [0.5, 0.6) is 5.75 Å². The van der Waals surface area contributed by atoms with Gasteiger partial charge in [-0.25, -0.2) is 0 Å². The lowest BCUT2D eigenvalue weighted by molar-refractivity contribution is -0.120. The number of carbonyl (C=O) groups excluding carboxylic acids is 1. The van der Waals surface area contributed by atoms with E-state index in [9.17, 15) is 4.79 Å². The summed E-state index contributed by atoms with van der Waals surface area (Å²) >= 11 is 0. The lowest BCUT2D eigenvalue weighted by Crippen LogP contribution is -1.91. The molecule has 1 rings (SSSR count). The van der Waals surface area contributed by atoms with E-state index in [1.807, 2.05) is 53.7 Å². The van der Waals surface area contributed by atoms with Crippen LogP contribution in [0, 0.1) is 13.8 Å². The number of rotatable bonds is 3. The quantitative estimate of drug-likeness (QED) is 0.657. The molecule has 0 fully saturated rings. The van der Waals surface area contributed by atoms with Crippen LogP contribution in [0.3, 0.4) is 0 Å². The van der Waals surface area contributed by atoms with Gasteiger partial charge in [-0.3, -0.25) is 4.79 Å². The van der Waals surface area contributed by atoms with E-state index < -0.39 is 0 Å². The fraction of sp³-hybridized carbons (Fsp3) is 0.588. The molecular weight excluding hydrogens is 236 g/mol. The van der Waals surface area contributed by atoms with Crippen LogP contribution in [-0.2, 0) is 4.79 Å². The summed E-state index contributed by atoms with van der Waals surface area (Å²) in [5.74, 6) is 0.630. The second kappa shape index (κ2) is 19.0. The van der Waals surface area contributed by atoms with E-state index in [0.29, 0.717) is 12.2 Å². The fourth-order valence-electron chi connectivity index (χ4n) is 0.983. The molecule has 0 aliphatic carbocycles. The Labute approximate surface area is 120 Å². The lowest BCUT2D eigenvalue weighted by atomic mass is 10.1. The summed E-state index contributed by atoms with van der Waals surface area (Å²) in [6.07, 6.45) is 2.64. The number of hydrogen-bond donors (Lipinski definition) is 0. The highest BCUT2D eigenvalue weighted by Crippen LogP contribution is 2.17. The summed E-state index contributed by atoms with van der Waals surface area (Å²) in [5, 5.41) is 0. The minimum absolute atomic E-state index is 0.442. The predicted octanol–water partition coefficient (Wildman–Crippen LogP) is 5.70. The summed E-state index contributed by atoms with van der Waals surface area (Å²) in [7, 11) is 0. The maximum Gasteiger partial charge on any atom is 0.298 e. The van der Waals surface area contributed by atoms with Crippen molar-refractivity contribution < 1.29 is 9.53 Å². The van der Waals surface area contributed by atoms with Crippen molar-refractivity contribution in [3.63, 3.8) is 0 Å². The topological polar surface area (TPSA) is 26.3 Å². The predicted molar refractivity (Wildman–Crippen MR) is 85.9 cm³/mol. The van der Waals surface area contributed by atoms with E-state index >= 15 is 0 Å². The third-order valence-electron chi connectivity index (χ3n) is 2.01. The summed E-state index contributed by atoms with van der Waals surface area (Å²) in [6, 6.07) is 5.67. The normalized spacial score (nSPS) is 7.58. The first-order valence-corrected chi connectivity index (χ1v) is 7.33. The third kappa shape index (κ3) is 14.6. The Morgan fingerprint density at radius 1 is 1.00 bits per heavy atom. The van der Waals surface area contributed by atoms with Gasteiger partial charge in [-0.1, -0.05) is 72.1 Å². The van der Waals surface area contributed by atoms with E-state index in [-0.39, 0.29) is 0 Å². The van der Waals surface area contributed by atoms with Gasteiger partial charge < -0.3 is 4.74 Å². The van der Waals surface area contributed by atoms with Gasteiger partial charge in [0.2, 0.25) is 0 Å². The van der Waals surface area contributed by atoms with Crippen LogP contribution in [0.2, 0.25) is 0 Å². The van der Waals surface area contributed by atoms with Gasteiger partial charge in [0, 0.05) is 0 Å². The molecule has 0 aromatic heterocycles. The molecular formula is C17H32O2. The molecule has 0 unspecified atom stereocenters. The van der Waals surface area contributed by atoms with Gasteiger partial charge in [-0.05, 0) is 25.5 Å². The molecule has 0 aliphatic rings. The van der Waals surface area contributed by atoms with Crippen LogP contribution >= 0.6 is 0 Å². The highest BCUT2D eigenvalue weighted by atomic mass is 16.5. The number of unbranched alkanes of at least 4 members (excludes halogenated alkanes) is 1. The fourth-order valence-corrected chi connectivity index (χ4v) is 0.983. The zero-order chi connectivity index (χ0) is 15.7. The summed E-state index contributed by atoms with van der Waals surface area (Å²) in [5.41, 5.74) is 2.15. The maximum absolute atomic E-state index is 9.99. The van der Waals surface area contributed by atoms with Crippen molar-refractivity contribution in [3.05, 3.63) is 29.3 Å². The van der Waals surface area contributed by atoms with Gasteiger partial charge >= 0.3 is 0 Å². The van der Waals surface area contributed by atoms with Gasteiger partial charge in [-0.2, -0.15) is 0 Å². The van der Waals surface area contributed by atoms with Gasteiger partial charge in [-0.15, -0.1) is 0 Å². The van der Waals surface area contributed by atoms with Gasteiger partial charge in [0.1, 0.15) is 5.75 Å². The molecule has 112 valence electrons. The zero-order valence-electron chi connectivity index (χ0n) is 14.0. The van der Waals surface area contributed by atoms with Crippen LogP contribution in [0.15, 0.2) is 18.2 Å². The largest absolute Gasteiger partial charge is 0.428 e. The number of benzene rings is 1. The van der Waals surface area contributed by atoms with Crippen molar-refractivity contribution in [2.24, 2.45) is 0 Å². The molecule has 19 heavy (non-hydrogen) atoms. The van der Waals surface area contributed by atoms with Crippen LogP contribution in [-0.4, -0.2) is 6.47 Å². The molecule has 0 atom stereocenters. The number of aryl methyl sites for hydroxylation is 2. The minimum atomic E-state index is 0.442. The first kappa shape index (κ1) is 22.8. The summed E-state index contributed by atoms with van der Waals surface area (Å²) < 4.78 is 4.71. The van der Waals surface area contributed by atoms with E-state index in [0.717, 1.165) is 5.56 Å². The number of hydrogen-bond acceptors (Lipinski definition) is 2. The first-order chi connectivity index (χ1) is 9.15. The standard InChI is InChI=1S/C9H10O2.C4H10.2C2H6/c1-7-3-4-9(11-6-10)8(2)5-7;1-3-4-2;2*1-2/h3-6H,1-2H3;3-4H2,1-2H3;2*1-2H3. The summed E-state index contributed by atoms with van der Waals surface area (Å²) in [6.45, 7) is 16.7. The van der Waals surface area contributed by atoms with E-state index in [1.54, 1.807) is 6.07 Å². The third-order valence-corrected chi connectivity index (χ3v) is 2.01. The molecule has 1 aromatic rings. The number of ether oxygens (including phenoxy) is 1. The van der Waals surface area contributed by atoms with Crippen LogP contribution in [0.25, 0.3) is 0 Å². The van der Waals surface area contributed by atoms with Crippen molar-refractivity contribution >= 4 is 6.47 Å². The molecule has 1 aromatic carbocycles. The molecule has 0 amide bonds. The average Bonchev–Trinajstić information content (AvgIpc) is 2.47. The highest BCUT2D eigenvalue weighted by molar-refractivity contribution is 5.48. The lowest BCUT2D eigenvalue weighted by Gasteiger charge is -2.02. The van der Waals surface area contributed by atoms with Gasteiger partial charge in [0.15, 0.2) is 0 Å². The molecule has 0 saturated heterocycles. The van der Waals surface area contributed by atoms with Crippen LogP contribution in [0.1, 0.15) is 65.5 Å². The minimum Gasteiger partial charge on any atom is -0.428 e.